The molecule has 0 spiro atoms. The van der Waals surface area contributed by atoms with Crippen LogP contribution in [0.2, 0.25) is 0 Å². The van der Waals surface area contributed by atoms with Crippen molar-refractivity contribution in [3.05, 3.63) is 75.2 Å². The maximum atomic E-state index is 12.8. The molecule has 1 aromatic carbocycles. The van der Waals surface area contributed by atoms with E-state index in [1.165, 1.54) is 0 Å². The van der Waals surface area contributed by atoms with Gasteiger partial charge in [-0.1, -0.05) is 36.4 Å². The highest BCUT2D eigenvalue weighted by atomic mass is 32.1. The van der Waals surface area contributed by atoms with Crippen LogP contribution in [0.5, 0.6) is 0 Å². The second-order valence-corrected chi connectivity index (χ2v) is 8.60. The van der Waals surface area contributed by atoms with Gasteiger partial charge < -0.3 is 19.6 Å². The minimum absolute atomic E-state index is 0.174. The first kappa shape index (κ1) is 24.8. The number of nitrogens with zero attached hydrogens (tertiary/aromatic N) is 2. The third-order valence-corrected chi connectivity index (χ3v) is 6.11. The number of aryl methyl sites for hydroxylation is 1. The number of aliphatic hydroxyl groups is 1. The lowest BCUT2D eigenvalue weighted by atomic mass is 10.2. The first-order valence-electron chi connectivity index (χ1n) is 10.7. The molecule has 0 aliphatic rings. The summed E-state index contributed by atoms with van der Waals surface area (Å²) in [6.07, 6.45) is 0.912. The third-order valence-electron chi connectivity index (χ3n) is 4.95. The molecule has 2 aromatic heterocycles. The number of esters is 1. The van der Waals surface area contributed by atoms with Gasteiger partial charge in [-0.3, -0.25) is 9.69 Å². The van der Waals surface area contributed by atoms with Crippen LogP contribution in [0, 0.1) is 6.92 Å². The van der Waals surface area contributed by atoms with Gasteiger partial charge in [-0.25, -0.2) is 9.78 Å². The van der Waals surface area contributed by atoms with Crippen LogP contribution in [0.25, 0.3) is 10.2 Å². The monoisotopic (exact) mass is 471 g/mol. The van der Waals surface area contributed by atoms with Gasteiger partial charge in [0.25, 0.3) is 5.56 Å². The van der Waals surface area contributed by atoms with Crippen LogP contribution in [0.1, 0.15) is 33.5 Å². The molecule has 2 N–H and O–H groups in total. The lowest BCUT2D eigenvalue weighted by Crippen LogP contribution is -2.35. The Hall–Kier alpha value is -2.85. The third kappa shape index (κ3) is 6.58. The van der Waals surface area contributed by atoms with Crippen LogP contribution in [0.15, 0.2) is 47.8 Å². The molecule has 0 amide bonds. The molecule has 9 heteroatoms. The number of hydrogen-bond acceptors (Lipinski definition) is 8. The van der Waals surface area contributed by atoms with Crippen molar-refractivity contribution >= 4 is 27.5 Å². The summed E-state index contributed by atoms with van der Waals surface area (Å²) in [4.78, 5) is 35.4. The molecular formula is C24H29N3O5S. The lowest BCUT2D eigenvalue weighted by molar-refractivity contribution is 0.0223. The molecule has 0 fully saturated rings. The number of carbonyl (C=O) groups is 1. The second-order valence-electron chi connectivity index (χ2n) is 7.60. The Kier molecular flexibility index (Phi) is 8.90. The molecule has 1 atom stereocenters. The fourth-order valence-electron chi connectivity index (χ4n) is 3.53. The smallest absolute Gasteiger partial charge is 0.348 e. The number of hydrogen-bond donors (Lipinski definition) is 2. The van der Waals surface area contributed by atoms with Crippen molar-refractivity contribution in [3.8, 4) is 0 Å². The van der Waals surface area contributed by atoms with Crippen LogP contribution in [0.3, 0.4) is 0 Å². The second kappa shape index (κ2) is 11.9. The highest BCUT2D eigenvalue weighted by Crippen LogP contribution is 2.27. The van der Waals surface area contributed by atoms with E-state index in [1.807, 2.05) is 35.2 Å². The van der Waals surface area contributed by atoms with Crippen LogP contribution in [-0.4, -0.2) is 58.4 Å². The van der Waals surface area contributed by atoms with E-state index in [0.29, 0.717) is 52.7 Å². The van der Waals surface area contributed by atoms with E-state index in [1.54, 1.807) is 19.9 Å². The van der Waals surface area contributed by atoms with Gasteiger partial charge in [-0.15, -0.1) is 17.9 Å². The van der Waals surface area contributed by atoms with Gasteiger partial charge in [0.2, 0.25) is 0 Å². The molecular weight excluding hydrogens is 442 g/mol. The summed E-state index contributed by atoms with van der Waals surface area (Å²) in [6, 6.07) is 9.85. The zero-order valence-corrected chi connectivity index (χ0v) is 19.7. The van der Waals surface area contributed by atoms with Crippen molar-refractivity contribution < 1.29 is 19.4 Å². The van der Waals surface area contributed by atoms with Gasteiger partial charge in [0.15, 0.2) is 0 Å². The summed E-state index contributed by atoms with van der Waals surface area (Å²) in [6.45, 7) is 9.05. The number of aromatic amines is 1. The Morgan fingerprint density at radius 2 is 2.09 bits per heavy atom. The quantitative estimate of drug-likeness (QED) is 0.238. The number of benzene rings is 1. The molecule has 176 valence electrons. The van der Waals surface area contributed by atoms with E-state index < -0.39 is 12.1 Å². The van der Waals surface area contributed by atoms with E-state index in [4.69, 9.17) is 9.47 Å². The van der Waals surface area contributed by atoms with Crippen molar-refractivity contribution in [2.45, 2.75) is 33.0 Å². The average molecular weight is 472 g/mol. The van der Waals surface area contributed by atoms with Crippen molar-refractivity contribution in [1.29, 1.82) is 0 Å². The Morgan fingerprint density at radius 3 is 2.79 bits per heavy atom. The fourth-order valence-corrected chi connectivity index (χ4v) is 4.63. The molecule has 0 radical (unpaired) electrons. The molecule has 8 nitrogen and oxygen atoms in total. The minimum atomic E-state index is -0.719. The summed E-state index contributed by atoms with van der Waals surface area (Å²) < 4.78 is 10.5. The Balaban J connectivity index is 1.85. The topological polar surface area (TPSA) is 105 Å². The molecule has 0 aliphatic carbocycles. The van der Waals surface area contributed by atoms with Gasteiger partial charge in [-0.2, -0.15) is 0 Å². The number of ether oxygens (including phenoxy) is 2. The van der Waals surface area contributed by atoms with Crippen LogP contribution in [0.4, 0.5) is 0 Å². The number of aromatic nitrogens is 2. The highest BCUT2D eigenvalue weighted by molar-refractivity contribution is 7.20. The Morgan fingerprint density at radius 1 is 1.33 bits per heavy atom. The maximum absolute atomic E-state index is 12.8. The zero-order valence-electron chi connectivity index (χ0n) is 18.9. The van der Waals surface area contributed by atoms with Gasteiger partial charge in [0.05, 0.1) is 37.9 Å². The zero-order chi connectivity index (χ0) is 23.8. The van der Waals surface area contributed by atoms with E-state index >= 15 is 0 Å². The van der Waals surface area contributed by atoms with Gasteiger partial charge in [0.1, 0.15) is 15.5 Å². The van der Waals surface area contributed by atoms with Crippen LogP contribution < -0.4 is 5.56 Å². The summed E-state index contributed by atoms with van der Waals surface area (Å²) in [5.74, 6) is 0.00611. The number of rotatable bonds is 12. The molecule has 3 rings (SSSR count). The average Bonchev–Trinajstić information content (AvgIpc) is 3.11. The number of aliphatic hydroxyl groups excluding tert-OH is 1. The largest absolute Gasteiger partial charge is 0.462 e. The molecule has 2 heterocycles. The maximum Gasteiger partial charge on any atom is 0.348 e. The summed E-state index contributed by atoms with van der Waals surface area (Å²) >= 11 is 1.16. The summed E-state index contributed by atoms with van der Waals surface area (Å²) in [5.41, 5.74) is 1.34. The normalized spacial score (nSPS) is 12.2. The van der Waals surface area contributed by atoms with Crippen molar-refractivity contribution in [3.63, 3.8) is 0 Å². The lowest BCUT2D eigenvalue weighted by Gasteiger charge is -2.24. The molecule has 0 saturated carbocycles. The first-order chi connectivity index (χ1) is 15.9. The minimum Gasteiger partial charge on any atom is -0.462 e. The van der Waals surface area contributed by atoms with Crippen LogP contribution in [-0.2, 0) is 22.6 Å². The Bertz CT molecular complexity index is 1140. The van der Waals surface area contributed by atoms with Crippen molar-refractivity contribution in [2.24, 2.45) is 0 Å². The predicted octanol–water partition coefficient (Wildman–Crippen LogP) is 3.04. The SMILES string of the molecule is C=CCOC[C@H](O)CN(Cc1ccccc1)Cc1nc2sc(C(=O)OCC)c(C)c2c(=O)[nH]1. The predicted molar refractivity (Wildman–Crippen MR) is 129 cm³/mol. The number of thiophene rings is 1. The summed E-state index contributed by atoms with van der Waals surface area (Å²) in [5, 5.41) is 10.8. The molecule has 0 aliphatic heterocycles. The van der Waals surface area contributed by atoms with Crippen LogP contribution >= 0.6 is 11.3 Å². The number of fused-ring (bicyclic) bond motifs is 1. The summed E-state index contributed by atoms with van der Waals surface area (Å²) in [7, 11) is 0. The van der Waals surface area contributed by atoms with Gasteiger partial charge >= 0.3 is 5.97 Å². The Labute approximate surface area is 196 Å². The standard InChI is InChI=1S/C24H29N3O5S/c1-4-11-31-15-18(28)13-27(12-17-9-7-6-8-10-17)14-19-25-22(29)20-16(3)21(24(30)32-5-2)33-23(20)26-19/h4,6-10,18,28H,1,5,11-15H2,2-3H3,(H,25,26,29)/t18-/m1/s1. The van der Waals surface area contributed by atoms with Gasteiger partial charge in [0, 0.05) is 13.1 Å². The molecule has 0 bridgehead atoms. The van der Waals surface area contributed by atoms with Gasteiger partial charge in [-0.05, 0) is 25.0 Å². The van der Waals surface area contributed by atoms with Crippen molar-refractivity contribution in [1.82, 2.24) is 14.9 Å². The fraction of sp³-hybridized carbons (Fsp3) is 0.375. The number of H-pyrrole nitrogens is 1. The van der Waals surface area contributed by atoms with E-state index in [2.05, 4.69) is 16.5 Å². The molecule has 3 aromatic rings. The van der Waals surface area contributed by atoms with E-state index in [0.717, 1.165) is 16.9 Å². The van der Waals surface area contributed by atoms with E-state index in [-0.39, 0.29) is 18.8 Å². The first-order valence-corrected chi connectivity index (χ1v) is 11.6. The highest BCUT2D eigenvalue weighted by Gasteiger charge is 2.21. The molecule has 0 saturated heterocycles. The number of nitrogens with one attached hydrogen (secondary N) is 1. The van der Waals surface area contributed by atoms with E-state index in [9.17, 15) is 14.7 Å². The number of carbonyl (C=O) groups excluding carboxylic acids is 1. The molecule has 0 unspecified atom stereocenters. The molecule has 33 heavy (non-hydrogen) atoms. The van der Waals surface area contributed by atoms with Crippen molar-refractivity contribution in [2.75, 3.05) is 26.4 Å².